The Bertz CT molecular complexity index is 1170. The average Bonchev–Trinajstić information content (AvgIpc) is 2.86. The van der Waals surface area contributed by atoms with Gasteiger partial charge in [0.25, 0.3) is 0 Å². The van der Waals surface area contributed by atoms with Gasteiger partial charge >= 0.3 is 11.7 Å². The highest BCUT2D eigenvalue weighted by atomic mass is 19.1. The van der Waals surface area contributed by atoms with Gasteiger partial charge in [0.2, 0.25) is 5.91 Å². The first-order valence-corrected chi connectivity index (χ1v) is 12.5. The van der Waals surface area contributed by atoms with Crippen molar-refractivity contribution in [1.82, 2.24) is 24.3 Å². The fourth-order valence-corrected chi connectivity index (χ4v) is 4.53. The second kappa shape index (κ2) is 11.0. The molecule has 2 atom stereocenters. The number of carbonyl (C=O) groups is 2. The van der Waals surface area contributed by atoms with E-state index in [0.717, 1.165) is 12.1 Å². The van der Waals surface area contributed by atoms with Crippen LogP contribution in [0, 0.1) is 0 Å². The van der Waals surface area contributed by atoms with Crippen molar-refractivity contribution < 1.29 is 14.0 Å². The Morgan fingerprint density at radius 3 is 2.32 bits per heavy atom. The van der Waals surface area contributed by atoms with E-state index < -0.39 is 23.4 Å². The van der Waals surface area contributed by atoms with E-state index in [9.17, 15) is 18.8 Å². The van der Waals surface area contributed by atoms with Crippen LogP contribution in [0.1, 0.15) is 25.8 Å². The number of aromatic nitrogens is 2. The second-order valence-electron chi connectivity index (χ2n) is 10.3. The number of hydrogen-bond acceptors (Lipinski definition) is 7. The highest BCUT2D eigenvalue weighted by Gasteiger charge is 2.31. The molecule has 12 heteroatoms. The van der Waals surface area contributed by atoms with Crippen molar-refractivity contribution in [2.24, 2.45) is 11.5 Å². The number of hydrogen-bond donors (Lipinski definition) is 3. The minimum Gasteiger partial charge on any atom is -0.338 e. The fourth-order valence-electron chi connectivity index (χ4n) is 4.53. The van der Waals surface area contributed by atoms with Crippen LogP contribution in [-0.2, 0) is 11.3 Å². The normalized spacial score (nSPS) is 21.1. The SMILES string of the molecule is CC(C)(N)C(=O)N1CCN(C(=O)Nc2ccn(-c3ccc(CN4CC[C@H](N)[C@H](F)C4)cc3)c(=O)n2)CC1. The van der Waals surface area contributed by atoms with Crippen LogP contribution in [0.15, 0.2) is 41.3 Å². The average molecular weight is 515 g/mol. The zero-order valence-electron chi connectivity index (χ0n) is 21.3. The summed E-state index contributed by atoms with van der Waals surface area (Å²) in [5.41, 5.74) is 11.8. The van der Waals surface area contributed by atoms with E-state index >= 15 is 0 Å². The van der Waals surface area contributed by atoms with E-state index in [4.69, 9.17) is 11.5 Å². The van der Waals surface area contributed by atoms with Gasteiger partial charge in [-0.25, -0.2) is 14.0 Å². The monoisotopic (exact) mass is 514 g/mol. The van der Waals surface area contributed by atoms with Gasteiger partial charge in [-0.1, -0.05) is 12.1 Å². The third kappa shape index (κ3) is 6.51. The molecule has 0 unspecified atom stereocenters. The molecular weight excluding hydrogens is 479 g/mol. The van der Waals surface area contributed by atoms with Gasteiger partial charge in [0, 0.05) is 58.1 Å². The van der Waals surface area contributed by atoms with Crippen molar-refractivity contribution in [3.63, 3.8) is 0 Å². The predicted octanol–water partition coefficient (Wildman–Crippen LogP) is 0.517. The molecule has 1 aromatic heterocycles. The molecule has 200 valence electrons. The number of urea groups is 1. The second-order valence-corrected chi connectivity index (χ2v) is 10.3. The van der Waals surface area contributed by atoms with E-state index in [-0.39, 0.29) is 17.8 Å². The molecule has 0 aliphatic carbocycles. The number of amides is 3. The van der Waals surface area contributed by atoms with Crippen molar-refractivity contribution >= 4 is 17.8 Å². The summed E-state index contributed by atoms with van der Waals surface area (Å²) in [6, 6.07) is 8.19. The zero-order chi connectivity index (χ0) is 26.7. The maximum absolute atomic E-state index is 13.9. The van der Waals surface area contributed by atoms with Gasteiger partial charge in [0.1, 0.15) is 12.0 Å². The van der Waals surface area contributed by atoms with Crippen molar-refractivity contribution in [3.05, 3.63) is 52.6 Å². The number of rotatable bonds is 5. The van der Waals surface area contributed by atoms with Crippen molar-refractivity contribution in [1.29, 1.82) is 0 Å². The summed E-state index contributed by atoms with van der Waals surface area (Å²) in [5.74, 6) is -0.0101. The third-order valence-electron chi connectivity index (χ3n) is 6.74. The zero-order valence-corrected chi connectivity index (χ0v) is 21.3. The number of piperazine rings is 1. The Hall–Kier alpha value is -3.35. The van der Waals surface area contributed by atoms with E-state index in [1.807, 2.05) is 29.2 Å². The first-order chi connectivity index (χ1) is 17.5. The molecule has 1 aromatic carbocycles. The van der Waals surface area contributed by atoms with Crippen LogP contribution in [0.5, 0.6) is 0 Å². The lowest BCUT2D eigenvalue weighted by molar-refractivity contribution is -0.137. The summed E-state index contributed by atoms with van der Waals surface area (Å²) in [6.07, 6.45) is 1.17. The predicted molar refractivity (Wildman–Crippen MR) is 138 cm³/mol. The molecule has 3 amide bonds. The molecule has 2 saturated heterocycles. The standard InChI is InChI=1S/C25H35FN8O3/c1-25(2,28)22(35)32-11-13-33(14-12-32)23(36)29-21-8-10-34(24(37)30-21)18-5-3-17(4-6-18)15-31-9-7-20(27)19(26)16-31/h3-6,8,10,19-20H,7,9,11-16,27-28H2,1-2H3,(H,29,30,36,37)/t19-,20+/m1/s1. The lowest BCUT2D eigenvalue weighted by Crippen LogP contribution is -2.58. The third-order valence-corrected chi connectivity index (χ3v) is 6.74. The topological polar surface area (TPSA) is 143 Å². The molecular formula is C25H35FN8O3. The lowest BCUT2D eigenvalue weighted by Gasteiger charge is -2.37. The molecule has 2 aliphatic rings. The highest BCUT2D eigenvalue weighted by Crippen LogP contribution is 2.17. The molecule has 2 aromatic rings. The number of anilines is 1. The number of benzene rings is 1. The number of alkyl halides is 1. The molecule has 2 aliphatic heterocycles. The Morgan fingerprint density at radius 1 is 1.08 bits per heavy atom. The summed E-state index contributed by atoms with van der Waals surface area (Å²) in [5, 5.41) is 2.66. The molecule has 4 rings (SSSR count). The quantitative estimate of drug-likeness (QED) is 0.528. The summed E-state index contributed by atoms with van der Waals surface area (Å²) in [7, 11) is 0. The van der Waals surface area contributed by atoms with Gasteiger partial charge in [0.15, 0.2) is 0 Å². The van der Waals surface area contributed by atoms with Gasteiger partial charge in [0.05, 0.1) is 11.2 Å². The number of halogens is 1. The highest BCUT2D eigenvalue weighted by molar-refractivity contribution is 5.89. The summed E-state index contributed by atoms with van der Waals surface area (Å²) in [6.45, 7) is 6.47. The fraction of sp³-hybridized carbons (Fsp3) is 0.520. The number of nitrogens with one attached hydrogen (secondary N) is 1. The number of carbonyl (C=O) groups excluding carboxylic acids is 2. The molecule has 0 radical (unpaired) electrons. The Balaban J connectivity index is 1.32. The van der Waals surface area contributed by atoms with Crippen LogP contribution in [0.4, 0.5) is 15.0 Å². The van der Waals surface area contributed by atoms with Crippen LogP contribution >= 0.6 is 0 Å². The number of piperidine rings is 1. The van der Waals surface area contributed by atoms with E-state index in [1.54, 1.807) is 35.9 Å². The van der Waals surface area contributed by atoms with Crippen molar-refractivity contribution in [2.45, 2.75) is 44.6 Å². The summed E-state index contributed by atoms with van der Waals surface area (Å²) < 4.78 is 15.3. The summed E-state index contributed by atoms with van der Waals surface area (Å²) >= 11 is 0. The molecule has 11 nitrogen and oxygen atoms in total. The maximum atomic E-state index is 13.9. The first kappa shape index (κ1) is 26.7. The van der Waals surface area contributed by atoms with Crippen LogP contribution in [0.3, 0.4) is 0 Å². The largest absolute Gasteiger partial charge is 0.354 e. The first-order valence-electron chi connectivity index (χ1n) is 12.5. The Labute approximate surface area is 215 Å². The van der Waals surface area contributed by atoms with Crippen LogP contribution < -0.4 is 22.5 Å². The minimum atomic E-state index is -1.02. The van der Waals surface area contributed by atoms with Gasteiger partial charge in [-0.05, 0) is 44.0 Å². The van der Waals surface area contributed by atoms with Gasteiger partial charge in [-0.3, -0.25) is 19.6 Å². The molecule has 37 heavy (non-hydrogen) atoms. The molecule has 3 heterocycles. The van der Waals surface area contributed by atoms with E-state index in [1.165, 1.54) is 4.57 Å². The number of likely N-dealkylation sites (tertiary alicyclic amines) is 1. The molecule has 5 N–H and O–H groups in total. The van der Waals surface area contributed by atoms with Crippen LogP contribution in [0.25, 0.3) is 5.69 Å². The van der Waals surface area contributed by atoms with Crippen LogP contribution in [0.2, 0.25) is 0 Å². The Morgan fingerprint density at radius 2 is 1.73 bits per heavy atom. The molecule has 0 bridgehead atoms. The van der Waals surface area contributed by atoms with Gasteiger partial charge in [-0.2, -0.15) is 4.98 Å². The number of nitrogens with zero attached hydrogens (tertiary/aromatic N) is 5. The van der Waals surface area contributed by atoms with E-state index in [0.29, 0.717) is 51.4 Å². The van der Waals surface area contributed by atoms with Crippen molar-refractivity contribution in [2.75, 3.05) is 44.6 Å². The Kier molecular flexibility index (Phi) is 7.90. The van der Waals surface area contributed by atoms with Gasteiger partial charge in [-0.15, -0.1) is 0 Å². The van der Waals surface area contributed by atoms with E-state index in [2.05, 4.69) is 10.3 Å². The lowest BCUT2D eigenvalue weighted by atomic mass is 10.0. The minimum absolute atomic E-state index is 0.147. The molecule has 2 fully saturated rings. The molecule has 0 spiro atoms. The maximum Gasteiger partial charge on any atom is 0.354 e. The summed E-state index contributed by atoms with van der Waals surface area (Å²) in [4.78, 5) is 46.9. The van der Waals surface area contributed by atoms with Gasteiger partial charge < -0.3 is 21.3 Å². The van der Waals surface area contributed by atoms with Crippen LogP contribution in [-0.4, -0.2) is 93.2 Å². The van der Waals surface area contributed by atoms with Crippen molar-refractivity contribution in [3.8, 4) is 5.69 Å². The smallest absolute Gasteiger partial charge is 0.338 e. The molecule has 0 saturated carbocycles. The number of nitrogens with two attached hydrogens (primary N) is 2.